The van der Waals surface area contributed by atoms with Crippen molar-refractivity contribution >= 4 is 38.8 Å². The second-order valence-electron chi connectivity index (χ2n) is 13.2. The first-order valence-electron chi connectivity index (χ1n) is 16.4. The lowest BCUT2D eigenvalue weighted by Gasteiger charge is -2.30. The Morgan fingerprint density at radius 1 is 1.06 bits per heavy atom. The first kappa shape index (κ1) is 34.0. The molecular formula is C36H41N5O7S. The van der Waals surface area contributed by atoms with Gasteiger partial charge in [-0.2, -0.15) is 0 Å². The van der Waals surface area contributed by atoms with Crippen LogP contribution in [0.2, 0.25) is 0 Å². The third-order valence-corrected chi connectivity index (χ3v) is 11.3. The summed E-state index contributed by atoms with van der Waals surface area (Å²) in [5.74, 6) is -0.410. The summed E-state index contributed by atoms with van der Waals surface area (Å²) in [5, 5.41) is 10.5. The van der Waals surface area contributed by atoms with Crippen LogP contribution in [0.15, 0.2) is 71.8 Å². The van der Waals surface area contributed by atoms with Crippen LogP contribution in [0.25, 0.3) is 10.9 Å². The number of benzene rings is 3. The fourth-order valence-corrected chi connectivity index (χ4v) is 8.48. The van der Waals surface area contributed by atoms with Crippen LogP contribution in [0.1, 0.15) is 47.2 Å². The zero-order chi connectivity index (χ0) is 35.0. The van der Waals surface area contributed by atoms with Gasteiger partial charge in [0.05, 0.1) is 10.5 Å². The van der Waals surface area contributed by atoms with Gasteiger partial charge in [-0.3, -0.25) is 14.5 Å². The van der Waals surface area contributed by atoms with Crippen molar-refractivity contribution < 1.29 is 32.6 Å². The Balaban J connectivity index is 1.40. The van der Waals surface area contributed by atoms with Gasteiger partial charge >= 0.3 is 6.03 Å². The number of carbonyl (C=O) groups is 3. The maximum absolute atomic E-state index is 14.5. The molecule has 1 aliphatic carbocycles. The summed E-state index contributed by atoms with van der Waals surface area (Å²) in [7, 11) is -1.63. The van der Waals surface area contributed by atoms with Gasteiger partial charge in [0.2, 0.25) is 0 Å². The summed E-state index contributed by atoms with van der Waals surface area (Å²) in [6.07, 6.45) is 5.18. The molecule has 13 heteroatoms. The maximum Gasteiger partial charge on any atom is 0.341 e. The number of nitrogens with zero attached hydrogens (tertiary/aromatic N) is 3. The molecule has 4 amide bonds. The largest absolute Gasteiger partial charge is 0.508 e. The number of H-pyrrole nitrogens is 1. The summed E-state index contributed by atoms with van der Waals surface area (Å²) in [5.41, 5.74) is 8.45. The number of urea groups is 1. The zero-order valence-corrected chi connectivity index (χ0v) is 28.6. The Kier molecular flexibility index (Phi) is 9.41. The van der Waals surface area contributed by atoms with Gasteiger partial charge in [0.25, 0.3) is 21.8 Å². The molecule has 6 rings (SSSR count). The molecule has 2 heterocycles. The number of imide groups is 1. The normalized spacial score (nSPS) is 19.9. The second-order valence-corrected chi connectivity index (χ2v) is 15.0. The van der Waals surface area contributed by atoms with E-state index in [4.69, 9.17) is 10.5 Å². The van der Waals surface area contributed by atoms with E-state index in [2.05, 4.69) is 4.98 Å². The Morgan fingerprint density at radius 2 is 1.80 bits per heavy atom. The molecule has 49 heavy (non-hydrogen) atoms. The van der Waals surface area contributed by atoms with Gasteiger partial charge in [-0.1, -0.05) is 24.6 Å². The monoisotopic (exact) mass is 687 g/mol. The third kappa shape index (κ3) is 6.60. The number of ether oxygens (including phenoxy) is 1. The van der Waals surface area contributed by atoms with E-state index in [0.29, 0.717) is 22.2 Å². The average Bonchev–Trinajstić information content (AvgIpc) is 3.60. The van der Waals surface area contributed by atoms with Crippen molar-refractivity contribution in [1.29, 1.82) is 0 Å². The molecule has 2 fully saturated rings. The van der Waals surface area contributed by atoms with Gasteiger partial charge in [0.15, 0.2) is 0 Å². The van der Waals surface area contributed by atoms with Crippen molar-refractivity contribution in [3.63, 3.8) is 0 Å². The predicted octanol–water partition coefficient (Wildman–Crippen LogP) is 5.01. The fourth-order valence-electron chi connectivity index (χ4n) is 6.94. The van der Waals surface area contributed by atoms with Gasteiger partial charge in [-0.15, -0.1) is 0 Å². The van der Waals surface area contributed by atoms with Crippen LogP contribution in [0.4, 0.5) is 4.79 Å². The molecule has 3 unspecified atom stereocenters. The minimum absolute atomic E-state index is 0.00916. The Labute approximate surface area is 285 Å². The number of para-hydroxylation sites is 1. The van der Waals surface area contributed by atoms with Gasteiger partial charge in [-0.05, 0) is 98.2 Å². The van der Waals surface area contributed by atoms with Crippen LogP contribution < -0.4 is 10.5 Å². The topological polar surface area (TPSA) is 166 Å². The summed E-state index contributed by atoms with van der Waals surface area (Å²) in [6.45, 7) is 2.57. The number of aromatic hydroxyl groups is 1. The molecule has 0 radical (unpaired) electrons. The molecule has 1 saturated carbocycles. The number of hydrogen-bond donors (Lipinski definition) is 3. The number of sulfonamides is 1. The molecule has 0 bridgehead atoms. The van der Waals surface area contributed by atoms with E-state index in [1.165, 1.54) is 61.5 Å². The van der Waals surface area contributed by atoms with Crippen molar-refractivity contribution in [1.82, 2.24) is 19.1 Å². The second kappa shape index (κ2) is 13.6. The number of nitrogens with one attached hydrogen (secondary N) is 1. The lowest BCUT2D eigenvalue weighted by molar-refractivity contribution is -0.128. The molecule has 1 aliphatic heterocycles. The SMILES string of the molecule is Cc1cccc2c(CC3C(=O)N(CC4CCCC(CN)C4)C(=O)N3S(=O)(=O)c3ccc(Oc4ccc(O)cc4)c(C(=O)N(C)C)c3)c[nH]c12. The average molecular weight is 688 g/mol. The zero-order valence-electron chi connectivity index (χ0n) is 27.8. The van der Waals surface area contributed by atoms with E-state index in [-0.39, 0.29) is 46.8 Å². The highest BCUT2D eigenvalue weighted by molar-refractivity contribution is 7.89. The Morgan fingerprint density at radius 3 is 2.51 bits per heavy atom. The molecule has 3 atom stereocenters. The van der Waals surface area contributed by atoms with Gasteiger partial charge in [0, 0.05) is 44.2 Å². The van der Waals surface area contributed by atoms with Crippen molar-refractivity contribution in [2.24, 2.45) is 17.6 Å². The number of amides is 4. The Bertz CT molecular complexity index is 2010. The highest BCUT2D eigenvalue weighted by atomic mass is 32.2. The van der Waals surface area contributed by atoms with Gasteiger partial charge in [0.1, 0.15) is 23.3 Å². The lowest BCUT2D eigenvalue weighted by atomic mass is 9.81. The van der Waals surface area contributed by atoms with Crippen LogP contribution >= 0.6 is 0 Å². The number of phenolic OH excluding ortho intramolecular Hbond substituents is 1. The number of nitrogens with two attached hydrogens (primary N) is 1. The van der Waals surface area contributed by atoms with Crippen molar-refractivity contribution in [3.05, 3.63) is 83.6 Å². The maximum atomic E-state index is 14.5. The molecule has 4 aromatic rings. The first-order valence-corrected chi connectivity index (χ1v) is 17.8. The van der Waals surface area contributed by atoms with Crippen LogP contribution in [-0.4, -0.2) is 83.7 Å². The van der Waals surface area contributed by atoms with Crippen molar-refractivity contribution in [3.8, 4) is 17.2 Å². The summed E-state index contributed by atoms with van der Waals surface area (Å²) >= 11 is 0. The number of phenols is 1. The molecule has 258 valence electrons. The molecule has 1 saturated heterocycles. The minimum atomic E-state index is -4.67. The Hall–Kier alpha value is -4.88. The van der Waals surface area contributed by atoms with Gasteiger partial charge < -0.3 is 25.5 Å². The van der Waals surface area contributed by atoms with E-state index >= 15 is 0 Å². The highest BCUT2D eigenvalue weighted by Crippen LogP contribution is 2.36. The minimum Gasteiger partial charge on any atom is -0.508 e. The fraction of sp³-hybridized carbons (Fsp3) is 0.361. The molecule has 1 aromatic heterocycles. The van der Waals surface area contributed by atoms with E-state index in [9.17, 15) is 27.9 Å². The quantitative estimate of drug-likeness (QED) is 0.196. The molecular weight excluding hydrogens is 646 g/mol. The number of rotatable bonds is 10. The van der Waals surface area contributed by atoms with Gasteiger partial charge in [-0.25, -0.2) is 17.5 Å². The molecule has 2 aliphatic rings. The molecule has 0 spiro atoms. The predicted molar refractivity (Wildman–Crippen MR) is 184 cm³/mol. The van der Waals surface area contributed by atoms with Crippen LogP contribution in [0.5, 0.6) is 17.2 Å². The smallest absolute Gasteiger partial charge is 0.341 e. The van der Waals surface area contributed by atoms with Crippen LogP contribution in [0, 0.1) is 18.8 Å². The highest BCUT2D eigenvalue weighted by Gasteiger charge is 2.52. The van der Waals surface area contributed by atoms with Crippen molar-refractivity contribution in [2.75, 3.05) is 27.2 Å². The number of fused-ring (bicyclic) bond motifs is 1. The third-order valence-electron chi connectivity index (χ3n) is 9.55. The summed E-state index contributed by atoms with van der Waals surface area (Å²) in [6, 6.07) is 13.1. The number of hydrogen-bond acceptors (Lipinski definition) is 8. The van der Waals surface area contributed by atoms with E-state index in [1.54, 1.807) is 6.20 Å². The summed E-state index contributed by atoms with van der Waals surface area (Å²) < 4.78 is 35.7. The number of aromatic nitrogens is 1. The van der Waals surface area contributed by atoms with E-state index < -0.39 is 33.9 Å². The van der Waals surface area contributed by atoms with Crippen LogP contribution in [0.3, 0.4) is 0 Å². The lowest BCUT2D eigenvalue weighted by Crippen LogP contribution is -2.42. The first-order chi connectivity index (χ1) is 23.4. The standard InChI is InChI=1S/C36H41N5O7S/c1-22-6-4-9-29-25(20-38-33(22)29)17-31-35(44)40(21-24-8-5-7-23(16-24)19-37)36(45)41(31)49(46,47)28-14-15-32(30(18-28)34(43)39(2)3)48-27-12-10-26(42)11-13-27/h4,6,9-15,18,20,23-24,31,38,42H,5,7-8,16-17,19,21,37H2,1-3H3. The number of aromatic amines is 1. The van der Waals surface area contributed by atoms with E-state index in [0.717, 1.165) is 47.0 Å². The molecule has 4 N–H and O–H groups in total. The summed E-state index contributed by atoms with van der Waals surface area (Å²) in [4.78, 5) is 46.9. The van der Waals surface area contributed by atoms with Crippen LogP contribution in [-0.2, 0) is 21.2 Å². The number of aryl methyl sites for hydroxylation is 1. The van der Waals surface area contributed by atoms with E-state index in [1.807, 2.05) is 25.1 Å². The van der Waals surface area contributed by atoms with Crippen molar-refractivity contribution in [2.45, 2.75) is 50.0 Å². The molecule has 3 aromatic carbocycles. The molecule has 12 nitrogen and oxygen atoms in total. The number of carbonyl (C=O) groups excluding carboxylic acids is 3.